The van der Waals surface area contributed by atoms with Gasteiger partial charge >= 0.3 is 0 Å². The predicted molar refractivity (Wildman–Crippen MR) is 95.0 cm³/mol. The first-order chi connectivity index (χ1) is 12.1. The van der Waals surface area contributed by atoms with E-state index in [-0.39, 0.29) is 17.7 Å². The molecule has 0 unspecified atom stereocenters. The number of aryl methyl sites for hydroxylation is 1. The van der Waals surface area contributed by atoms with Gasteiger partial charge in [0, 0.05) is 32.0 Å². The number of amides is 1. The molecule has 7 heteroatoms. The summed E-state index contributed by atoms with van der Waals surface area (Å²) in [5.74, 6) is 0.492. The summed E-state index contributed by atoms with van der Waals surface area (Å²) in [6, 6.07) is 0. The number of ether oxygens (including phenoxy) is 1. The number of carbonyl (C=O) groups is 1. The van der Waals surface area contributed by atoms with Crippen LogP contribution in [0.15, 0.2) is 12.2 Å². The van der Waals surface area contributed by atoms with Gasteiger partial charge in [-0.25, -0.2) is 0 Å². The monoisotopic (exact) mass is 347 g/mol. The molecular formula is C18H29N5O2. The highest BCUT2D eigenvalue weighted by molar-refractivity contribution is 5.79. The van der Waals surface area contributed by atoms with Crippen molar-refractivity contribution in [3.63, 3.8) is 0 Å². The molecule has 0 fully saturated rings. The first kappa shape index (κ1) is 18.1. The summed E-state index contributed by atoms with van der Waals surface area (Å²) in [6.45, 7) is 3.42. The molecule has 1 amide bonds. The van der Waals surface area contributed by atoms with Gasteiger partial charge in [-0.1, -0.05) is 17.4 Å². The molecule has 2 atom stereocenters. The topological polar surface area (TPSA) is 63.5 Å². The summed E-state index contributed by atoms with van der Waals surface area (Å²) in [4.78, 5) is 17.0. The van der Waals surface area contributed by atoms with Gasteiger partial charge in [-0.2, -0.15) is 0 Å². The lowest BCUT2D eigenvalue weighted by Gasteiger charge is -2.34. The van der Waals surface area contributed by atoms with E-state index in [4.69, 9.17) is 4.74 Å². The molecule has 1 aromatic heterocycles. The van der Waals surface area contributed by atoms with Crippen molar-refractivity contribution in [2.45, 2.75) is 31.7 Å². The van der Waals surface area contributed by atoms with Crippen LogP contribution in [0.2, 0.25) is 0 Å². The SMILES string of the molecule is CN(C)CCOC[C@H]1CN(C(=O)[C@H]2CC=CCC2)Cc2nnn(C)c21. The minimum absolute atomic E-state index is 0.110. The Morgan fingerprint density at radius 1 is 1.40 bits per heavy atom. The number of rotatable bonds is 6. The largest absolute Gasteiger partial charge is 0.379 e. The number of hydrogen-bond donors (Lipinski definition) is 0. The van der Waals surface area contributed by atoms with Gasteiger partial charge in [0.2, 0.25) is 5.91 Å². The molecule has 0 spiro atoms. The molecule has 3 rings (SSSR count). The maximum Gasteiger partial charge on any atom is 0.226 e. The molecule has 0 saturated carbocycles. The van der Waals surface area contributed by atoms with Gasteiger partial charge in [0.25, 0.3) is 0 Å². The fraction of sp³-hybridized carbons (Fsp3) is 0.722. The smallest absolute Gasteiger partial charge is 0.226 e. The van der Waals surface area contributed by atoms with Crippen LogP contribution in [0.1, 0.15) is 36.6 Å². The van der Waals surface area contributed by atoms with E-state index in [9.17, 15) is 4.79 Å². The maximum atomic E-state index is 12.9. The van der Waals surface area contributed by atoms with Crippen molar-refractivity contribution in [3.8, 4) is 0 Å². The predicted octanol–water partition coefficient (Wildman–Crippen LogP) is 1.18. The van der Waals surface area contributed by atoms with Crippen molar-refractivity contribution < 1.29 is 9.53 Å². The second kappa shape index (κ2) is 8.10. The average molecular weight is 347 g/mol. The Kier molecular flexibility index (Phi) is 5.86. The third-order valence-corrected chi connectivity index (χ3v) is 5.04. The summed E-state index contributed by atoms with van der Waals surface area (Å²) < 4.78 is 7.71. The number of allylic oxidation sites excluding steroid dienone is 2. The molecule has 0 saturated heterocycles. The number of aromatic nitrogens is 3. The van der Waals surface area contributed by atoms with Gasteiger partial charge < -0.3 is 14.5 Å². The first-order valence-corrected chi connectivity index (χ1v) is 9.11. The lowest BCUT2D eigenvalue weighted by molar-refractivity contribution is -0.137. The molecule has 2 aliphatic rings. The molecule has 2 heterocycles. The zero-order valence-electron chi connectivity index (χ0n) is 15.5. The third-order valence-electron chi connectivity index (χ3n) is 5.04. The fourth-order valence-electron chi connectivity index (χ4n) is 3.67. The normalized spacial score (nSPS) is 23.1. The maximum absolute atomic E-state index is 12.9. The zero-order valence-corrected chi connectivity index (χ0v) is 15.5. The van der Waals surface area contributed by atoms with Crippen LogP contribution in [0.3, 0.4) is 0 Å². The van der Waals surface area contributed by atoms with Gasteiger partial charge in [-0.3, -0.25) is 9.48 Å². The summed E-state index contributed by atoms with van der Waals surface area (Å²) in [5.41, 5.74) is 2.02. The molecule has 1 aliphatic carbocycles. The first-order valence-electron chi connectivity index (χ1n) is 9.11. The number of hydrogen-bond acceptors (Lipinski definition) is 5. The van der Waals surface area contributed by atoms with E-state index in [1.165, 1.54) is 0 Å². The Bertz CT molecular complexity index is 625. The van der Waals surface area contributed by atoms with Gasteiger partial charge in [0.1, 0.15) is 5.69 Å². The van der Waals surface area contributed by atoms with Gasteiger partial charge in [0.15, 0.2) is 0 Å². The fourth-order valence-corrected chi connectivity index (χ4v) is 3.67. The van der Waals surface area contributed by atoms with E-state index in [1.54, 1.807) is 0 Å². The molecule has 25 heavy (non-hydrogen) atoms. The quantitative estimate of drug-likeness (QED) is 0.571. The van der Waals surface area contributed by atoms with E-state index in [1.807, 2.05) is 30.7 Å². The second-order valence-electron chi connectivity index (χ2n) is 7.32. The van der Waals surface area contributed by atoms with Crippen LogP contribution in [0.25, 0.3) is 0 Å². The number of likely N-dealkylation sites (N-methyl/N-ethyl adjacent to an activating group) is 1. The van der Waals surface area contributed by atoms with Crippen LogP contribution in [-0.4, -0.2) is 71.1 Å². The van der Waals surface area contributed by atoms with Gasteiger partial charge in [0.05, 0.1) is 25.5 Å². The third kappa shape index (κ3) is 4.27. The average Bonchev–Trinajstić information content (AvgIpc) is 2.99. The standard InChI is InChI=1S/C18H29N5O2/c1-21(2)9-10-25-13-15-11-23(12-16-17(15)22(3)20-19-16)18(24)14-7-5-4-6-8-14/h4-5,14-15H,6-13H2,1-3H3/t14-,15+/m0/s1. The Morgan fingerprint density at radius 3 is 2.96 bits per heavy atom. The van der Waals surface area contributed by atoms with Crippen molar-refractivity contribution in [1.82, 2.24) is 24.8 Å². The molecule has 0 radical (unpaired) electrons. The summed E-state index contributed by atoms with van der Waals surface area (Å²) >= 11 is 0. The van der Waals surface area contributed by atoms with Crippen LogP contribution in [0, 0.1) is 5.92 Å². The highest BCUT2D eigenvalue weighted by Crippen LogP contribution is 2.29. The van der Waals surface area contributed by atoms with Crippen molar-refractivity contribution in [3.05, 3.63) is 23.5 Å². The number of carbonyl (C=O) groups excluding carboxylic acids is 1. The van der Waals surface area contributed by atoms with E-state index in [0.29, 0.717) is 26.3 Å². The van der Waals surface area contributed by atoms with Gasteiger partial charge in [-0.05, 0) is 33.4 Å². The molecule has 138 valence electrons. The van der Waals surface area contributed by atoms with E-state index in [0.717, 1.165) is 37.2 Å². The molecule has 1 aromatic rings. The van der Waals surface area contributed by atoms with Crippen LogP contribution in [-0.2, 0) is 23.1 Å². The Morgan fingerprint density at radius 2 is 2.24 bits per heavy atom. The summed E-state index contributed by atoms with van der Waals surface area (Å²) in [6.07, 6.45) is 7.10. The Labute approximate surface area is 149 Å². The highest BCUT2D eigenvalue weighted by atomic mass is 16.5. The van der Waals surface area contributed by atoms with E-state index in [2.05, 4.69) is 27.4 Å². The van der Waals surface area contributed by atoms with E-state index < -0.39 is 0 Å². The van der Waals surface area contributed by atoms with Crippen LogP contribution >= 0.6 is 0 Å². The van der Waals surface area contributed by atoms with Crippen molar-refractivity contribution >= 4 is 5.91 Å². The lowest BCUT2D eigenvalue weighted by atomic mass is 9.91. The lowest BCUT2D eigenvalue weighted by Crippen LogP contribution is -2.43. The van der Waals surface area contributed by atoms with Crippen molar-refractivity contribution in [1.29, 1.82) is 0 Å². The summed E-state index contributed by atoms with van der Waals surface area (Å²) in [5, 5.41) is 8.45. The highest BCUT2D eigenvalue weighted by Gasteiger charge is 2.34. The molecular weight excluding hydrogens is 318 g/mol. The van der Waals surface area contributed by atoms with Crippen LogP contribution < -0.4 is 0 Å². The van der Waals surface area contributed by atoms with Crippen LogP contribution in [0.4, 0.5) is 0 Å². The molecule has 0 aromatic carbocycles. The zero-order chi connectivity index (χ0) is 17.8. The minimum Gasteiger partial charge on any atom is -0.379 e. The minimum atomic E-state index is 0.110. The van der Waals surface area contributed by atoms with Crippen LogP contribution in [0.5, 0.6) is 0 Å². The van der Waals surface area contributed by atoms with Gasteiger partial charge in [-0.15, -0.1) is 5.10 Å². The molecule has 0 N–H and O–H groups in total. The Balaban J connectivity index is 1.67. The second-order valence-corrected chi connectivity index (χ2v) is 7.32. The molecule has 1 aliphatic heterocycles. The number of fused-ring (bicyclic) bond motifs is 1. The molecule has 7 nitrogen and oxygen atoms in total. The molecule has 0 bridgehead atoms. The van der Waals surface area contributed by atoms with Crippen molar-refractivity contribution in [2.75, 3.05) is 40.4 Å². The summed E-state index contributed by atoms with van der Waals surface area (Å²) in [7, 11) is 5.99. The number of nitrogens with zero attached hydrogens (tertiary/aromatic N) is 5. The van der Waals surface area contributed by atoms with E-state index >= 15 is 0 Å². The van der Waals surface area contributed by atoms with Crippen molar-refractivity contribution in [2.24, 2.45) is 13.0 Å². The Hall–Kier alpha value is -1.73.